The number of amides is 1. The molecule has 92 valence electrons. The Morgan fingerprint density at radius 3 is 3.00 bits per heavy atom. The Kier molecular flexibility index (Phi) is 3.02. The number of hydrogen-bond acceptors (Lipinski definition) is 3. The minimum Gasteiger partial charge on any atom is -0.447 e. The van der Waals surface area contributed by atoms with Crippen molar-refractivity contribution in [2.45, 2.75) is 18.9 Å². The van der Waals surface area contributed by atoms with Crippen LogP contribution in [0.25, 0.3) is 0 Å². The van der Waals surface area contributed by atoms with Crippen LogP contribution < -0.4 is 4.90 Å². The van der Waals surface area contributed by atoms with Gasteiger partial charge in [-0.05, 0) is 31.5 Å². The summed E-state index contributed by atoms with van der Waals surface area (Å²) in [6.45, 7) is 1.95. The van der Waals surface area contributed by atoms with Gasteiger partial charge >= 0.3 is 6.09 Å². The van der Waals surface area contributed by atoms with Gasteiger partial charge in [-0.2, -0.15) is 0 Å². The summed E-state index contributed by atoms with van der Waals surface area (Å²) in [5.74, 6) is -0.409. The molecule has 17 heavy (non-hydrogen) atoms. The second-order valence-corrected chi connectivity index (χ2v) is 4.34. The van der Waals surface area contributed by atoms with Crippen LogP contribution in [-0.4, -0.2) is 30.0 Å². The third-order valence-electron chi connectivity index (χ3n) is 2.95. The highest BCUT2D eigenvalue weighted by molar-refractivity contribution is 5.91. The summed E-state index contributed by atoms with van der Waals surface area (Å²) < 4.78 is 18.1. The number of hydrogen-bond donors (Lipinski definition) is 1. The van der Waals surface area contributed by atoms with Crippen molar-refractivity contribution in [2.24, 2.45) is 0 Å². The van der Waals surface area contributed by atoms with Gasteiger partial charge in [-0.3, -0.25) is 4.90 Å². The van der Waals surface area contributed by atoms with Crippen LogP contribution in [0.1, 0.15) is 13.3 Å². The molecule has 1 amide bonds. The molecule has 1 aliphatic rings. The first-order valence-electron chi connectivity index (χ1n) is 5.40. The molecule has 0 radical (unpaired) electrons. The van der Waals surface area contributed by atoms with Gasteiger partial charge in [0.2, 0.25) is 0 Å². The normalized spacial score (nSPS) is 23.9. The molecule has 1 saturated heterocycles. The van der Waals surface area contributed by atoms with E-state index >= 15 is 0 Å². The molecular weight excluding hydrogens is 225 g/mol. The predicted molar refractivity (Wildman–Crippen MR) is 60.3 cm³/mol. The lowest BCUT2D eigenvalue weighted by atomic mass is 9.97. The van der Waals surface area contributed by atoms with E-state index in [1.165, 1.54) is 23.1 Å². The average Bonchev–Trinajstić information content (AvgIpc) is 2.55. The zero-order valence-corrected chi connectivity index (χ0v) is 9.52. The van der Waals surface area contributed by atoms with Gasteiger partial charge in [0.25, 0.3) is 0 Å². The Morgan fingerprint density at radius 1 is 1.59 bits per heavy atom. The molecule has 1 N–H and O–H groups in total. The number of aliphatic hydroxyl groups is 1. The first-order valence-corrected chi connectivity index (χ1v) is 5.40. The van der Waals surface area contributed by atoms with Crippen LogP contribution in [0.2, 0.25) is 0 Å². The third kappa shape index (κ3) is 2.10. The molecule has 5 heteroatoms. The van der Waals surface area contributed by atoms with E-state index in [1.54, 1.807) is 13.0 Å². The van der Waals surface area contributed by atoms with Gasteiger partial charge in [0.1, 0.15) is 12.4 Å². The maximum Gasteiger partial charge on any atom is 0.415 e. The van der Waals surface area contributed by atoms with Gasteiger partial charge < -0.3 is 9.84 Å². The number of ether oxygens (including phenoxy) is 1. The molecular formula is C12H14FNO3. The Labute approximate surface area is 98.6 Å². The van der Waals surface area contributed by atoms with Crippen LogP contribution in [0.3, 0.4) is 0 Å². The van der Waals surface area contributed by atoms with Gasteiger partial charge in [0, 0.05) is 6.61 Å². The fourth-order valence-corrected chi connectivity index (χ4v) is 2.02. The molecule has 0 aliphatic carbocycles. The van der Waals surface area contributed by atoms with Crippen LogP contribution in [0.5, 0.6) is 0 Å². The number of halogens is 1. The summed E-state index contributed by atoms with van der Waals surface area (Å²) in [6.07, 6.45) is -0.124. The largest absolute Gasteiger partial charge is 0.447 e. The van der Waals surface area contributed by atoms with Crippen molar-refractivity contribution < 1.29 is 19.0 Å². The minimum absolute atomic E-state index is 0.0566. The molecule has 1 aliphatic heterocycles. The van der Waals surface area contributed by atoms with Crippen molar-refractivity contribution in [1.29, 1.82) is 0 Å². The van der Waals surface area contributed by atoms with Crippen molar-refractivity contribution in [3.05, 3.63) is 30.1 Å². The van der Waals surface area contributed by atoms with E-state index in [4.69, 9.17) is 9.84 Å². The monoisotopic (exact) mass is 239 g/mol. The third-order valence-corrected chi connectivity index (χ3v) is 2.95. The number of cyclic esters (lactones) is 1. The molecule has 0 bridgehead atoms. The molecule has 1 atom stereocenters. The van der Waals surface area contributed by atoms with Gasteiger partial charge in [-0.1, -0.05) is 6.07 Å². The molecule has 0 aromatic heterocycles. The van der Waals surface area contributed by atoms with E-state index in [2.05, 4.69) is 0 Å². The van der Waals surface area contributed by atoms with Gasteiger partial charge in [-0.15, -0.1) is 0 Å². The number of nitrogens with zero attached hydrogens (tertiary/aromatic N) is 1. The molecule has 1 unspecified atom stereocenters. The summed E-state index contributed by atoms with van der Waals surface area (Å²) in [7, 11) is 0. The SMILES string of the molecule is CC1(CCO)COC(=O)N1c1cccc(F)c1. The van der Waals surface area contributed by atoms with E-state index in [-0.39, 0.29) is 13.2 Å². The van der Waals surface area contributed by atoms with E-state index in [1.807, 2.05) is 0 Å². The van der Waals surface area contributed by atoms with Crippen LogP contribution in [0, 0.1) is 5.82 Å². The van der Waals surface area contributed by atoms with Crippen LogP contribution >= 0.6 is 0 Å². The number of aliphatic hydroxyl groups excluding tert-OH is 1. The lowest BCUT2D eigenvalue weighted by Gasteiger charge is -2.31. The summed E-state index contributed by atoms with van der Waals surface area (Å²) >= 11 is 0. The van der Waals surface area contributed by atoms with Crippen molar-refractivity contribution >= 4 is 11.8 Å². The summed E-state index contributed by atoms with van der Waals surface area (Å²) in [6, 6.07) is 5.78. The maximum absolute atomic E-state index is 13.2. The highest BCUT2D eigenvalue weighted by Crippen LogP contribution is 2.33. The van der Waals surface area contributed by atoms with Crippen molar-refractivity contribution in [3.8, 4) is 0 Å². The smallest absolute Gasteiger partial charge is 0.415 e. The quantitative estimate of drug-likeness (QED) is 0.876. The highest BCUT2D eigenvalue weighted by atomic mass is 19.1. The Balaban J connectivity index is 2.37. The standard InChI is InChI=1S/C12H14FNO3/c1-12(5-6-15)8-17-11(16)14(12)10-4-2-3-9(13)7-10/h2-4,7,15H,5-6,8H2,1H3. The van der Waals surface area contributed by atoms with Crippen molar-refractivity contribution in [2.75, 3.05) is 18.1 Å². The first kappa shape index (κ1) is 11.9. The molecule has 2 rings (SSSR count). The van der Waals surface area contributed by atoms with E-state index in [0.29, 0.717) is 12.1 Å². The number of rotatable bonds is 3. The molecule has 0 spiro atoms. The topological polar surface area (TPSA) is 49.8 Å². The fraction of sp³-hybridized carbons (Fsp3) is 0.417. The first-order chi connectivity index (χ1) is 8.07. The van der Waals surface area contributed by atoms with Crippen molar-refractivity contribution in [1.82, 2.24) is 0 Å². The average molecular weight is 239 g/mol. The summed E-state index contributed by atoms with van der Waals surface area (Å²) in [5, 5.41) is 9.03. The fourth-order valence-electron chi connectivity index (χ4n) is 2.02. The predicted octanol–water partition coefficient (Wildman–Crippen LogP) is 1.92. The lowest BCUT2D eigenvalue weighted by Crippen LogP contribution is -2.45. The Hall–Kier alpha value is -1.62. The zero-order chi connectivity index (χ0) is 12.5. The van der Waals surface area contributed by atoms with E-state index in [9.17, 15) is 9.18 Å². The number of carbonyl (C=O) groups excluding carboxylic acids is 1. The van der Waals surface area contributed by atoms with Gasteiger partial charge in [0.05, 0.1) is 11.2 Å². The number of carbonyl (C=O) groups is 1. The molecule has 1 aromatic carbocycles. The van der Waals surface area contributed by atoms with Crippen LogP contribution in [0.4, 0.5) is 14.9 Å². The molecule has 4 nitrogen and oxygen atoms in total. The second kappa shape index (κ2) is 4.33. The van der Waals surface area contributed by atoms with Crippen LogP contribution in [-0.2, 0) is 4.74 Å². The highest BCUT2D eigenvalue weighted by Gasteiger charge is 2.44. The number of anilines is 1. The molecule has 1 aromatic rings. The molecule has 1 heterocycles. The van der Waals surface area contributed by atoms with E-state index < -0.39 is 17.4 Å². The minimum atomic E-state index is -0.625. The molecule has 1 fully saturated rings. The second-order valence-electron chi connectivity index (χ2n) is 4.34. The Bertz CT molecular complexity index is 438. The van der Waals surface area contributed by atoms with E-state index in [0.717, 1.165) is 0 Å². The summed E-state index contributed by atoms with van der Waals surface area (Å²) in [5.41, 5.74) is -0.178. The maximum atomic E-state index is 13.2. The molecule has 0 saturated carbocycles. The van der Waals surface area contributed by atoms with Crippen LogP contribution in [0.15, 0.2) is 24.3 Å². The Morgan fingerprint density at radius 2 is 2.35 bits per heavy atom. The summed E-state index contributed by atoms with van der Waals surface area (Å²) in [4.78, 5) is 13.1. The zero-order valence-electron chi connectivity index (χ0n) is 9.52. The van der Waals surface area contributed by atoms with Crippen molar-refractivity contribution in [3.63, 3.8) is 0 Å². The van der Waals surface area contributed by atoms with Gasteiger partial charge in [0.15, 0.2) is 0 Å². The van der Waals surface area contributed by atoms with Gasteiger partial charge in [-0.25, -0.2) is 9.18 Å². The lowest BCUT2D eigenvalue weighted by molar-refractivity contribution is 0.167. The number of benzene rings is 1.